The van der Waals surface area contributed by atoms with Gasteiger partial charge in [-0.2, -0.15) is 0 Å². The van der Waals surface area contributed by atoms with E-state index in [9.17, 15) is 4.79 Å². The van der Waals surface area contributed by atoms with Gasteiger partial charge in [0.05, 0.1) is 29.0 Å². The van der Waals surface area contributed by atoms with E-state index in [0.29, 0.717) is 28.3 Å². The molecule has 0 aliphatic heterocycles. The molecule has 0 spiro atoms. The Morgan fingerprint density at radius 1 is 1.33 bits per heavy atom. The fourth-order valence-electron chi connectivity index (χ4n) is 1.55. The summed E-state index contributed by atoms with van der Waals surface area (Å²) in [6.07, 6.45) is 1.42. The summed E-state index contributed by atoms with van der Waals surface area (Å²) in [5.41, 5.74) is 6.73. The number of hydrogen-bond acceptors (Lipinski definition) is 4. The summed E-state index contributed by atoms with van der Waals surface area (Å²) in [5, 5.41) is 0.472. The third kappa shape index (κ3) is 2.30. The zero-order valence-electron chi connectivity index (χ0n) is 10.7. The highest BCUT2D eigenvalue weighted by atomic mass is 16.5. The summed E-state index contributed by atoms with van der Waals surface area (Å²) in [6, 6.07) is 3.31. The zero-order valence-corrected chi connectivity index (χ0v) is 10.7. The number of nitrogens with two attached hydrogens (primary N) is 1. The van der Waals surface area contributed by atoms with E-state index >= 15 is 0 Å². The van der Waals surface area contributed by atoms with Gasteiger partial charge in [0.2, 0.25) is 0 Å². The van der Waals surface area contributed by atoms with Crippen LogP contribution in [0.3, 0.4) is 0 Å². The molecule has 1 atom stereocenters. The Balaban J connectivity index is 2.47. The van der Waals surface area contributed by atoms with Gasteiger partial charge < -0.3 is 15.5 Å². The molecule has 5 nitrogen and oxygen atoms in total. The summed E-state index contributed by atoms with van der Waals surface area (Å²) >= 11 is 0. The fourth-order valence-corrected chi connectivity index (χ4v) is 1.55. The molecule has 96 valence electrons. The first-order valence-corrected chi connectivity index (χ1v) is 5.92. The lowest BCUT2D eigenvalue weighted by atomic mass is 10.1. The molecular weight excluding hydrogens is 230 g/mol. The second-order valence-corrected chi connectivity index (χ2v) is 4.71. The van der Waals surface area contributed by atoms with Crippen LogP contribution in [0, 0.1) is 5.92 Å². The molecule has 0 bridgehead atoms. The van der Waals surface area contributed by atoms with Crippen LogP contribution in [-0.4, -0.2) is 16.1 Å². The number of aromatic nitrogens is 2. The summed E-state index contributed by atoms with van der Waals surface area (Å²) in [5.74, 6) is 0.953. The minimum atomic E-state index is -0.199. The van der Waals surface area contributed by atoms with Gasteiger partial charge in [0.1, 0.15) is 5.75 Å². The number of rotatable bonds is 3. The Kier molecular flexibility index (Phi) is 3.23. The maximum absolute atomic E-state index is 11.6. The van der Waals surface area contributed by atoms with E-state index in [0.717, 1.165) is 0 Å². The van der Waals surface area contributed by atoms with Gasteiger partial charge in [-0.15, -0.1) is 0 Å². The van der Waals surface area contributed by atoms with Crippen molar-refractivity contribution in [2.45, 2.75) is 26.9 Å². The van der Waals surface area contributed by atoms with Crippen LogP contribution >= 0.6 is 0 Å². The Morgan fingerprint density at radius 3 is 2.72 bits per heavy atom. The van der Waals surface area contributed by atoms with Gasteiger partial charge in [-0.25, -0.2) is 4.98 Å². The minimum absolute atomic E-state index is 0.0479. The molecule has 1 heterocycles. The van der Waals surface area contributed by atoms with E-state index in [-0.39, 0.29) is 11.7 Å². The summed E-state index contributed by atoms with van der Waals surface area (Å²) in [7, 11) is 0. The van der Waals surface area contributed by atoms with E-state index in [2.05, 4.69) is 23.8 Å². The van der Waals surface area contributed by atoms with Gasteiger partial charge in [-0.05, 0) is 18.9 Å². The molecular formula is C13H17N3O2. The number of benzene rings is 1. The van der Waals surface area contributed by atoms with Gasteiger partial charge in [0.15, 0.2) is 0 Å². The van der Waals surface area contributed by atoms with Crippen molar-refractivity contribution in [3.8, 4) is 5.75 Å². The molecule has 18 heavy (non-hydrogen) atoms. The van der Waals surface area contributed by atoms with Crippen LogP contribution in [0.4, 0.5) is 5.69 Å². The topological polar surface area (TPSA) is 81.0 Å². The number of hydrogen-bond donors (Lipinski definition) is 2. The Hall–Kier alpha value is -2.04. The molecule has 1 aromatic heterocycles. The van der Waals surface area contributed by atoms with Crippen LogP contribution in [0.15, 0.2) is 23.3 Å². The Morgan fingerprint density at radius 2 is 2.06 bits per heavy atom. The Labute approximate surface area is 105 Å². The maximum Gasteiger partial charge on any atom is 0.258 e. The second kappa shape index (κ2) is 4.68. The number of nitrogens with zero attached hydrogens (tertiary/aromatic N) is 1. The molecule has 2 rings (SSSR count). The number of fused-ring (bicyclic) bond motifs is 1. The molecule has 0 saturated heterocycles. The molecule has 0 radical (unpaired) electrons. The molecule has 0 aliphatic rings. The molecule has 2 aromatic rings. The van der Waals surface area contributed by atoms with Crippen LogP contribution in [0.2, 0.25) is 0 Å². The molecule has 1 unspecified atom stereocenters. The van der Waals surface area contributed by atoms with E-state index < -0.39 is 0 Å². The van der Waals surface area contributed by atoms with Crippen LogP contribution in [-0.2, 0) is 0 Å². The minimum Gasteiger partial charge on any atom is -0.488 e. The monoisotopic (exact) mass is 247 g/mol. The van der Waals surface area contributed by atoms with Gasteiger partial charge in [0, 0.05) is 6.07 Å². The van der Waals surface area contributed by atoms with Crippen molar-refractivity contribution in [1.82, 2.24) is 9.97 Å². The van der Waals surface area contributed by atoms with E-state index in [1.807, 2.05) is 6.92 Å². The molecule has 0 fully saturated rings. The van der Waals surface area contributed by atoms with Crippen LogP contribution < -0.4 is 16.0 Å². The molecule has 5 heteroatoms. The van der Waals surface area contributed by atoms with Crippen molar-refractivity contribution < 1.29 is 4.74 Å². The fraction of sp³-hybridized carbons (Fsp3) is 0.385. The normalized spacial score (nSPS) is 12.9. The van der Waals surface area contributed by atoms with Gasteiger partial charge in [0.25, 0.3) is 5.56 Å². The highest BCUT2D eigenvalue weighted by Crippen LogP contribution is 2.27. The highest BCUT2D eigenvalue weighted by molar-refractivity contribution is 5.84. The number of nitrogen functional groups attached to an aromatic ring is 1. The van der Waals surface area contributed by atoms with Gasteiger partial charge in [-0.1, -0.05) is 13.8 Å². The molecule has 0 amide bonds. The number of ether oxygens (including phenoxy) is 1. The van der Waals surface area contributed by atoms with E-state index in [4.69, 9.17) is 10.5 Å². The number of aromatic amines is 1. The second-order valence-electron chi connectivity index (χ2n) is 4.71. The van der Waals surface area contributed by atoms with Crippen LogP contribution in [0.25, 0.3) is 10.9 Å². The first-order valence-electron chi connectivity index (χ1n) is 5.92. The van der Waals surface area contributed by atoms with Crippen LogP contribution in [0.1, 0.15) is 20.8 Å². The lowest BCUT2D eigenvalue weighted by Gasteiger charge is -2.19. The SMILES string of the molecule is CC(C)C(C)Oc1cc2nc[nH]c(=O)c2cc1N. The number of nitrogens with one attached hydrogen (secondary N) is 1. The number of anilines is 1. The lowest BCUT2D eigenvalue weighted by molar-refractivity contribution is 0.172. The van der Waals surface area contributed by atoms with Gasteiger partial charge in [-0.3, -0.25) is 4.79 Å². The molecule has 1 aromatic carbocycles. The van der Waals surface area contributed by atoms with Crippen molar-refractivity contribution in [1.29, 1.82) is 0 Å². The maximum atomic E-state index is 11.6. The predicted molar refractivity (Wildman–Crippen MR) is 71.7 cm³/mol. The van der Waals surface area contributed by atoms with Crippen molar-refractivity contribution >= 4 is 16.6 Å². The first kappa shape index (κ1) is 12.4. The van der Waals surface area contributed by atoms with Crippen LogP contribution in [0.5, 0.6) is 5.75 Å². The average molecular weight is 247 g/mol. The Bertz CT molecular complexity index is 619. The van der Waals surface area contributed by atoms with E-state index in [1.54, 1.807) is 12.1 Å². The lowest BCUT2D eigenvalue weighted by Crippen LogP contribution is -2.19. The quantitative estimate of drug-likeness (QED) is 0.812. The first-order chi connectivity index (χ1) is 8.49. The smallest absolute Gasteiger partial charge is 0.258 e. The van der Waals surface area contributed by atoms with Crippen molar-refractivity contribution in [3.63, 3.8) is 0 Å². The summed E-state index contributed by atoms with van der Waals surface area (Å²) in [6.45, 7) is 6.13. The third-order valence-corrected chi connectivity index (χ3v) is 3.02. The standard InChI is InChI=1S/C13H17N3O2/c1-7(2)8(3)18-12-5-11-9(4-10(12)14)13(17)16-6-15-11/h4-8H,14H2,1-3H3,(H,15,16,17). The largest absolute Gasteiger partial charge is 0.488 e. The number of H-pyrrole nitrogens is 1. The third-order valence-electron chi connectivity index (χ3n) is 3.02. The summed E-state index contributed by atoms with van der Waals surface area (Å²) in [4.78, 5) is 18.2. The summed E-state index contributed by atoms with van der Waals surface area (Å²) < 4.78 is 5.78. The van der Waals surface area contributed by atoms with Crippen molar-refractivity contribution in [2.24, 2.45) is 5.92 Å². The zero-order chi connectivity index (χ0) is 13.3. The molecule has 0 saturated carbocycles. The predicted octanol–water partition coefficient (Wildman–Crippen LogP) is 1.93. The highest BCUT2D eigenvalue weighted by Gasteiger charge is 2.12. The van der Waals surface area contributed by atoms with Crippen molar-refractivity contribution in [2.75, 3.05) is 5.73 Å². The average Bonchev–Trinajstić information content (AvgIpc) is 2.31. The van der Waals surface area contributed by atoms with Gasteiger partial charge >= 0.3 is 0 Å². The molecule has 0 aliphatic carbocycles. The van der Waals surface area contributed by atoms with E-state index in [1.165, 1.54) is 6.33 Å². The molecule has 3 N–H and O–H groups in total. The van der Waals surface area contributed by atoms with Crippen molar-refractivity contribution in [3.05, 3.63) is 28.8 Å².